The van der Waals surface area contributed by atoms with Crippen molar-refractivity contribution in [3.8, 4) is 0 Å². The minimum Gasteiger partial charge on any atom is -0.331 e. The lowest BCUT2D eigenvalue weighted by Gasteiger charge is -2.47. The van der Waals surface area contributed by atoms with Crippen molar-refractivity contribution in [3.63, 3.8) is 0 Å². The van der Waals surface area contributed by atoms with Crippen LogP contribution in [0.5, 0.6) is 0 Å². The Bertz CT molecular complexity index is 376. The number of hydrogen-bond acceptors (Lipinski definition) is 2. The van der Waals surface area contributed by atoms with Gasteiger partial charge in [0.15, 0.2) is 0 Å². The normalized spacial score (nSPS) is 31.1. The van der Waals surface area contributed by atoms with Crippen LogP contribution in [-0.2, 0) is 9.59 Å². The molecular formula is C14H22N2O2. The van der Waals surface area contributed by atoms with E-state index >= 15 is 0 Å². The average Bonchev–Trinajstić information content (AvgIpc) is 2.34. The van der Waals surface area contributed by atoms with Crippen molar-refractivity contribution >= 4 is 11.8 Å². The maximum Gasteiger partial charge on any atom is 0.245 e. The highest BCUT2D eigenvalue weighted by atomic mass is 16.2. The zero-order valence-electron chi connectivity index (χ0n) is 11.2. The Morgan fingerprint density at radius 3 is 2.67 bits per heavy atom. The number of hydrogen-bond donors (Lipinski definition) is 0. The fourth-order valence-electron chi connectivity index (χ4n) is 3.56. The molecule has 0 spiro atoms. The second kappa shape index (κ2) is 4.25. The summed E-state index contributed by atoms with van der Waals surface area (Å²) in [6, 6.07) is -0.149. The molecule has 2 aliphatic heterocycles. The fraction of sp³-hybridized carbons (Fsp3) is 0.857. The van der Waals surface area contributed by atoms with Crippen molar-refractivity contribution < 1.29 is 9.59 Å². The zero-order chi connectivity index (χ0) is 12.8. The van der Waals surface area contributed by atoms with Gasteiger partial charge in [0.25, 0.3) is 0 Å². The minimum absolute atomic E-state index is 0.149. The Kier molecular flexibility index (Phi) is 2.83. The zero-order valence-corrected chi connectivity index (χ0v) is 11.2. The number of rotatable bonds is 2. The molecular weight excluding hydrogens is 228 g/mol. The molecule has 0 radical (unpaired) electrons. The van der Waals surface area contributed by atoms with E-state index in [1.54, 1.807) is 0 Å². The SMILES string of the molecule is CC1(CN2CC(=O)N3CCCCC3C2=O)CCC1. The molecule has 4 heteroatoms. The van der Waals surface area contributed by atoms with Crippen LogP contribution in [0, 0.1) is 5.41 Å². The van der Waals surface area contributed by atoms with Crippen LogP contribution in [0.3, 0.4) is 0 Å². The first-order valence-electron chi connectivity index (χ1n) is 7.17. The van der Waals surface area contributed by atoms with E-state index in [0.717, 1.165) is 32.4 Å². The molecule has 0 aromatic rings. The van der Waals surface area contributed by atoms with E-state index in [-0.39, 0.29) is 23.3 Å². The Labute approximate surface area is 108 Å². The summed E-state index contributed by atoms with van der Waals surface area (Å²) in [5, 5.41) is 0. The Hall–Kier alpha value is -1.06. The molecule has 3 rings (SSSR count). The predicted molar refractivity (Wildman–Crippen MR) is 67.9 cm³/mol. The summed E-state index contributed by atoms with van der Waals surface area (Å²) in [6.07, 6.45) is 6.64. The number of fused-ring (bicyclic) bond motifs is 1. The predicted octanol–water partition coefficient (Wildman–Crippen LogP) is 1.40. The molecule has 2 amide bonds. The lowest BCUT2D eigenvalue weighted by molar-refractivity contribution is -0.159. The van der Waals surface area contributed by atoms with E-state index < -0.39 is 0 Å². The summed E-state index contributed by atoms with van der Waals surface area (Å²) in [5.41, 5.74) is 0.271. The van der Waals surface area contributed by atoms with Crippen LogP contribution >= 0.6 is 0 Å². The van der Waals surface area contributed by atoms with Crippen LogP contribution in [0.1, 0.15) is 45.4 Å². The summed E-state index contributed by atoms with van der Waals surface area (Å²) < 4.78 is 0. The van der Waals surface area contributed by atoms with Gasteiger partial charge in [0.1, 0.15) is 6.04 Å². The third-order valence-corrected chi connectivity index (χ3v) is 4.88. The average molecular weight is 250 g/mol. The number of amides is 2. The van der Waals surface area contributed by atoms with Crippen molar-refractivity contribution in [2.75, 3.05) is 19.6 Å². The molecule has 0 aromatic carbocycles. The monoisotopic (exact) mass is 250 g/mol. The molecule has 3 fully saturated rings. The Morgan fingerprint density at radius 2 is 2.00 bits per heavy atom. The highest BCUT2D eigenvalue weighted by molar-refractivity contribution is 5.95. The summed E-state index contributed by atoms with van der Waals surface area (Å²) in [4.78, 5) is 28.2. The van der Waals surface area contributed by atoms with Gasteiger partial charge in [-0.3, -0.25) is 9.59 Å². The number of nitrogens with zero attached hydrogens (tertiary/aromatic N) is 2. The van der Waals surface area contributed by atoms with Gasteiger partial charge in [0.05, 0.1) is 6.54 Å². The molecule has 1 saturated carbocycles. The summed E-state index contributed by atoms with van der Waals surface area (Å²) in [7, 11) is 0. The van der Waals surface area contributed by atoms with Gasteiger partial charge in [0.2, 0.25) is 11.8 Å². The van der Waals surface area contributed by atoms with E-state index in [2.05, 4.69) is 6.92 Å². The van der Waals surface area contributed by atoms with Gasteiger partial charge >= 0.3 is 0 Å². The maximum absolute atomic E-state index is 12.5. The van der Waals surface area contributed by atoms with Crippen LogP contribution in [0.2, 0.25) is 0 Å². The standard InChI is InChI=1S/C14H22N2O2/c1-14(6-4-7-14)10-15-9-12(17)16-8-3-2-5-11(16)13(15)18/h11H,2-10H2,1H3. The van der Waals surface area contributed by atoms with E-state index in [0.29, 0.717) is 6.54 Å². The number of carbonyl (C=O) groups is 2. The van der Waals surface area contributed by atoms with E-state index in [4.69, 9.17) is 0 Å². The maximum atomic E-state index is 12.5. The number of piperazine rings is 1. The molecule has 0 bridgehead atoms. The first-order chi connectivity index (χ1) is 8.59. The minimum atomic E-state index is -0.149. The molecule has 0 N–H and O–H groups in total. The summed E-state index contributed by atoms with van der Waals surface area (Å²) >= 11 is 0. The van der Waals surface area contributed by atoms with Gasteiger partial charge < -0.3 is 9.80 Å². The second-order valence-corrected chi connectivity index (χ2v) is 6.46. The van der Waals surface area contributed by atoms with Crippen LogP contribution in [0.4, 0.5) is 0 Å². The number of carbonyl (C=O) groups excluding carboxylic acids is 2. The molecule has 4 nitrogen and oxygen atoms in total. The molecule has 18 heavy (non-hydrogen) atoms. The second-order valence-electron chi connectivity index (χ2n) is 6.46. The van der Waals surface area contributed by atoms with Crippen LogP contribution in [0.15, 0.2) is 0 Å². The lowest BCUT2D eigenvalue weighted by atomic mass is 9.70. The quantitative estimate of drug-likeness (QED) is 0.743. The van der Waals surface area contributed by atoms with Gasteiger partial charge in [-0.1, -0.05) is 13.3 Å². The highest BCUT2D eigenvalue weighted by Gasteiger charge is 2.43. The van der Waals surface area contributed by atoms with Gasteiger partial charge in [-0.05, 0) is 37.5 Å². The topological polar surface area (TPSA) is 40.6 Å². The highest BCUT2D eigenvalue weighted by Crippen LogP contribution is 2.41. The molecule has 1 aliphatic carbocycles. The van der Waals surface area contributed by atoms with Crippen LogP contribution < -0.4 is 0 Å². The van der Waals surface area contributed by atoms with E-state index in [1.165, 1.54) is 19.3 Å². The van der Waals surface area contributed by atoms with Gasteiger partial charge in [-0.15, -0.1) is 0 Å². The molecule has 1 unspecified atom stereocenters. The van der Waals surface area contributed by atoms with Crippen molar-refractivity contribution in [1.82, 2.24) is 9.80 Å². The molecule has 0 aromatic heterocycles. The van der Waals surface area contributed by atoms with Gasteiger partial charge in [-0.2, -0.15) is 0 Å². The van der Waals surface area contributed by atoms with Crippen molar-refractivity contribution in [2.24, 2.45) is 5.41 Å². The van der Waals surface area contributed by atoms with Gasteiger partial charge in [-0.25, -0.2) is 0 Å². The largest absolute Gasteiger partial charge is 0.331 e. The lowest BCUT2D eigenvalue weighted by Crippen LogP contribution is -2.62. The first-order valence-corrected chi connectivity index (χ1v) is 7.17. The molecule has 2 saturated heterocycles. The van der Waals surface area contributed by atoms with Crippen LogP contribution in [-0.4, -0.2) is 47.3 Å². The first kappa shape index (κ1) is 12.0. The molecule has 3 aliphatic rings. The molecule has 100 valence electrons. The fourth-order valence-corrected chi connectivity index (χ4v) is 3.56. The van der Waals surface area contributed by atoms with Crippen LogP contribution in [0.25, 0.3) is 0 Å². The summed E-state index contributed by atoms with van der Waals surface area (Å²) in [5.74, 6) is 0.352. The van der Waals surface area contributed by atoms with Crippen molar-refractivity contribution in [3.05, 3.63) is 0 Å². The van der Waals surface area contributed by atoms with Crippen molar-refractivity contribution in [1.29, 1.82) is 0 Å². The Morgan fingerprint density at radius 1 is 1.22 bits per heavy atom. The third kappa shape index (κ3) is 1.91. The third-order valence-electron chi connectivity index (χ3n) is 4.88. The number of piperidine rings is 1. The van der Waals surface area contributed by atoms with Crippen molar-refractivity contribution in [2.45, 2.75) is 51.5 Å². The summed E-state index contributed by atoms with van der Waals surface area (Å²) in [6.45, 7) is 4.11. The van der Waals surface area contributed by atoms with E-state index in [1.807, 2.05) is 9.80 Å². The smallest absolute Gasteiger partial charge is 0.245 e. The molecule has 1 atom stereocenters. The van der Waals surface area contributed by atoms with Gasteiger partial charge in [0, 0.05) is 13.1 Å². The van der Waals surface area contributed by atoms with E-state index in [9.17, 15) is 9.59 Å². The molecule has 2 heterocycles. The Balaban J connectivity index is 1.72.